The van der Waals surface area contributed by atoms with Gasteiger partial charge in [-0.3, -0.25) is 4.79 Å². The molecular weight excluding hydrogens is 344 g/mol. The first kappa shape index (κ1) is 17.1. The summed E-state index contributed by atoms with van der Waals surface area (Å²) in [6.45, 7) is 5.45. The number of primary amides is 1. The third kappa shape index (κ3) is 4.04. The van der Waals surface area contributed by atoms with Crippen molar-refractivity contribution in [2.45, 2.75) is 38.1 Å². The van der Waals surface area contributed by atoms with Crippen LogP contribution in [0.4, 0.5) is 0 Å². The molecule has 2 atom stereocenters. The quantitative estimate of drug-likeness (QED) is 0.809. The van der Waals surface area contributed by atoms with E-state index in [4.69, 9.17) is 5.73 Å². The lowest BCUT2D eigenvalue weighted by Gasteiger charge is -2.21. The Balaban J connectivity index is 3.09. The molecule has 20 heavy (non-hydrogen) atoms. The Morgan fingerprint density at radius 2 is 2.05 bits per heavy atom. The van der Waals surface area contributed by atoms with Crippen LogP contribution in [0.3, 0.4) is 0 Å². The van der Waals surface area contributed by atoms with Crippen molar-refractivity contribution in [3.63, 3.8) is 0 Å². The molecule has 5 nitrogen and oxygen atoms in total. The first-order valence-corrected chi connectivity index (χ1v) is 8.54. The molecule has 0 radical (unpaired) electrons. The third-order valence-electron chi connectivity index (χ3n) is 3.24. The number of benzene rings is 1. The van der Waals surface area contributed by atoms with Crippen molar-refractivity contribution in [1.82, 2.24) is 4.72 Å². The van der Waals surface area contributed by atoms with Crippen molar-refractivity contribution >= 4 is 31.9 Å². The van der Waals surface area contributed by atoms with E-state index in [1.54, 1.807) is 26.0 Å². The van der Waals surface area contributed by atoms with Crippen molar-refractivity contribution in [3.05, 3.63) is 28.2 Å². The molecule has 0 aliphatic carbocycles. The molecule has 1 amide bonds. The van der Waals surface area contributed by atoms with Gasteiger partial charge in [0.25, 0.3) is 0 Å². The summed E-state index contributed by atoms with van der Waals surface area (Å²) in [6, 6.07) is 3.77. The molecule has 0 aliphatic heterocycles. The van der Waals surface area contributed by atoms with Gasteiger partial charge in [-0.1, -0.05) is 36.2 Å². The van der Waals surface area contributed by atoms with Gasteiger partial charge in [-0.2, -0.15) is 4.72 Å². The zero-order valence-electron chi connectivity index (χ0n) is 11.7. The minimum atomic E-state index is -3.77. The van der Waals surface area contributed by atoms with E-state index in [0.717, 1.165) is 10.0 Å². The molecule has 0 aliphatic rings. The molecule has 0 aromatic heterocycles. The number of nitrogens with one attached hydrogen (secondary N) is 1. The highest BCUT2D eigenvalue weighted by Gasteiger charge is 2.28. The summed E-state index contributed by atoms with van der Waals surface area (Å²) in [5, 5.41) is 0. The zero-order valence-corrected chi connectivity index (χ0v) is 14.1. The zero-order chi connectivity index (χ0) is 15.5. The van der Waals surface area contributed by atoms with Gasteiger partial charge in [0.1, 0.15) is 6.04 Å². The molecular formula is C13H19BrN2O3S. The van der Waals surface area contributed by atoms with E-state index >= 15 is 0 Å². The highest BCUT2D eigenvalue weighted by molar-refractivity contribution is 9.10. The molecule has 0 spiro atoms. The molecule has 0 bridgehead atoms. The third-order valence-corrected chi connectivity index (χ3v) is 5.57. The van der Waals surface area contributed by atoms with Gasteiger partial charge in [0, 0.05) is 4.47 Å². The fraction of sp³-hybridized carbons (Fsp3) is 0.462. The molecule has 1 aromatic carbocycles. The summed E-state index contributed by atoms with van der Waals surface area (Å²) >= 11 is 3.32. The normalized spacial score (nSPS) is 14.8. The smallest absolute Gasteiger partial charge is 0.241 e. The SMILES string of the molecule is CCC(C)C(NS(=O)(=O)c1ccc(Br)c(C)c1)C(N)=O. The molecule has 0 saturated heterocycles. The number of carbonyl (C=O) groups excluding carboxylic acids is 1. The average molecular weight is 363 g/mol. The first-order chi connectivity index (χ1) is 9.19. The van der Waals surface area contributed by atoms with Crippen LogP contribution in [0.2, 0.25) is 0 Å². The molecule has 7 heteroatoms. The fourth-order valence-electron chi connectivity index (χ4n) is 1.71. The van der Waals surface area contributed by atoms with E-state index in [9.17, 15) is 13.2 Å². The molecule has 1 rings (SSSR count). The maximum absolute atomic E-state index is 12.3. The van der Waals surface area contributed by atoms with E-state index in [-0.39, 0.29) is 10.8 Å². The van der Waals surface area contributed by atoms with Gasteiger partial charge in [0.2, 0.25) is 15.9 Å². The Bertz CT molecular complexity index is 602. The van der Waals surface area contributed by atoms with E-state index < -0.39 is 22.0 Å². The number of amides is 1. The summed E-state index contributed by atoms with van der Waals surface area (Å²) in [4.78, 5) is 11.5. The molecule has 0 fully saturated rings. The minimum absolute atomic E-state index is 0.118. The van der Waals surface area contributed by atoms with Crippen molar-refractivity contribution in [2.75, 3.05) is 0 Å². The number of rotatable bonds is 6. The van der Waals surface area contributed by atoms with Gasteiger partial charge in [-0.25, -0.2) is 8.42 Å². The molecule has 2 unspecified atom stereocenters. The number of halogens is 1. The predicted molar refractivity (Wildman–Crippen MR) is 81.6 cm³/mol. The van der Waals surface area contributed by atoms with Gasteiger partial charge < -0.3 is 5.73 Å². The van der Waals surface area contributed by atoms with Gasteiger partial charge in [-0.15, -0.1) is 0 Å². The van der Waals surface area contributed by atoms with Crippen molar-refractivity contribution in [2.24, 2.45) is 11.7 Å². The van der Waals surface area contributed by atoms with Gasteiger partial charge in [-0.05, 0) is 36.6 Å². The van der Waals surface area contributed by atoms with Crippen LogP contribution in [-0.4, -0.2) is 20.4 Å². The number of aryl methyl sites for hydroxylation is 1. The molecule has 1 aromatic rings. The van der Waals surface area contributed by atoms with E-state index in [1.807, 2.05) is 6.92 Å². The van der Waals surface area contributed by atoms with Crippen LogP contribution in [0, 0.1) is 12.8 Å². The van der Waals surface area contributed by atoms with Gasteiger partial charge in [0.05, 0.1) is 4.90 Å². The lowest BCUT2D eigenvalue weighted by Crippen LogP contribution is -2.48. The summed E-state index contributed by atoms with van der Waals surface area (Å²) in [6.07, 6.45) is 0.648. The Hall–Kier alpha value is -0.920. The summed E-state index contributed by atoms with van der Waals surface area (Å²) < 4.78 is 27.8. The fourth-order valence-corrected chi connectivity index (χ4v) is 3.35. The van der Waals surface area contributed by atoms with Crippen LogP contribution < -0.4 is 10.5 Å². The van der Waals surface area contributed by atoms with Crippen molar-refractivity contribution < 1.29 is 13.2 Å². The summed E-state index contributed by atoms with van der Waals surface area (Å²) in [7, 11) is -3.77. The highest BCUT2D eigenvalue weighted by atomic mass is 79.9. The van der Waals surface area contributed by atoms with Crippen LogP contribution in [0.15, 0.2) is 27.6 Å². The van der Waals surface area contributed by atoms with Crippen LogP contribution >= 0.6 is 15.9 Å². The average Bonchev–Trinajstić information content (AvgIpc) is 2.38. The maximum atomic E-state index is 12.3. The predicted octanol–water partition coefficient (Wildman–Crippen LogP) is 1.94. The topological polar surface area (TPSA) is 89.3 Å². The van der Waals surface area contributed by atoms with Crippen LogP contribution in [0.1, 0.15) is 25.8 Å². The summed E-state index contributed by atoms with van der Waals surface area (Å²) in [5.41, 5.74) is 6.08. The van der Waals surface area contributed by atoms with E-state index in [1.165, 1.54) is 6.07 Å². The van der Waals surface area contributed by atoms with Crippen molar-refractivity contribution in [1.29, 1.82) is 0 Å². The highest BCUT2D eigenvalue weighted by Crippen LogP contribution is 2.21. The second-order valence-corrected chi connectivity index (χ2v) is 7.37. The minimum Gasteiger partial charge on any atom is -0.368 e. The standard InChI is InChI=1S/C13H19BrN2O3S/c1-4-8(2)12(13(15)17)16-20(18,19)10-5-6-11(14)9(3)7-10/h5-8,12,16H,4H2,1-3H3,(H2,15,17). The number of hydrogen-bond acceptors (Lipinski definition) is 3. The molecule has 112 valence electrons. The lowest BCUT2D eigenvalue weighted by molar-refractivity contribution is -0.120. The Labute approximate surface area is 128 Å². The van der Waals surface area contributed by atoms with Crippen molar-refractivity contribution in [3.8, 4) is 0 Å². The van der Waals surface area contributed by atoms with Crippen LogP contribution in [-0.2, 0) is 14.8 Å². The Morgan fingerprint density at radius 1 is 1.45 bits per heavy atom. The molecule has 0 heterocycles. The lowest BCUT2D eigenvalue weighted by atomic mass is 10.00. The first-order valence-electron chi connectivity index (χ1n) is 6.26. The molecule has 0 saturated carbocycles. The van der Waals surface area contributed by atoms with E-state index in [0.29, 0.717) is 6.42 Å². The largest absolute Gasteiger partial charge is 0.368 e. The number of sulfonamides is 1. The Morgan fingerprint density at radius 3 is 2.50 bits per heavy atom. The molecule has 3 N–H and O–H groups in total. The van der Waals surface area contributed by atoms with E-state index in [2.05, 4.69) is 20.7 Å². The van der Waals surface area contributed by atoms with Gasteiger partial charge >= 0.3 is 0 Å². The van der Waals surface area contributed by atoms with Crippen LogP contribution in [0.25, 0.3) is 0 Å². The maximum Gasteiger partial charge on any atom is 0.241 e. The second kappa shape index (κ2) is 6.69. The van der Waals surface area contributed by atoms with Gasteiger partial charge in [0.15, 0.2) is 0 Å². The Kier molecular flexibility index (Phi) is 5.73. The summed E-state index contributed by atoms with van der Waals surface area (Å²) in [5.74, 6) is -0.837. The number of hydrogen-bond donors (Lipinski definition) is 2. The second-order valence-electron chi connectivity index (χ2n) is 4.80. The monoisotopic (exact) mass is 362 g/mol. The number of nitrogens with two attached hydrogens (primary N) is 1. The number of carbonyl (C=O) groups is 1. The van der Waals surface area contributed by atoms with Crippen LogP contribution in [0.5, 0.6) is 0 Å².